The summed E-state index contributed by atoms with van der Waals surface area (Å²) in [5.41, 5.74) is 0.155. The molecule has 0 saturated carbocycles. The van der Waals surface area contributed by atoms with Crippen molar-refractivity contribution in [1.82, 2.24) is 4.72 Å². The van der Waals surface area contributed by atoms with E-state index in [2.05, 4.69) is 19.5 Å². The first kappa shape index (κ1) is 24.3. The van der Waals surface area contributed by atoms with E-state index in [1.54, 1.807) is 0 Å². The van der Waals surface area contributed by atoms with Crippen LogP contribution in [0.2, 0.25) is 0 Å². The number of halogens is 6. The third-order valence-electron chi connectivity index (χ3n) is 3.38. The standard InChI is InChI=1S/C17H14F6N2O5S/c18-16(19,20)29-12-3-1-11(2-4-12)25-15(26)9-10-24-31(27,28)14-7-5-13(6-8-14)30-17(21,22)23/h1-8,24H,9-10H2,(H,25,26). The average Bonchev–Trinajstić information content (AvgIpc) is 2.61. The van der Waals surface area contributed by atoms with Gasteiger partial charge in [0.05, 0.1) is 4.90 Å². The van der Waals surface area contributed by atoms with Crippen molar-refractivity contribution in [2.75, 3.05) is 11.9 Å². The van der Waals surface area contributed by atoms with Crippen LogP contribution < -0.4 is 19.5 Å². The van der Waals surface area contributed by atoms with E-state index in [9.17, 15) is 39.6 Å². The molecule has 0 aliphatic heterocycles. The van der Waals surface area contributed by atoms with Crippen molar-refractivity contribution in [3.05, 3.63) is 48.5 Å². The van der Waals surface area contributed by atoms with Gasteiger partial charge in [0, 0.05) is 18.7 Å². The van der Waals surface area contributed by atoms with Crippen molar-refractivity contribution in [2.45, 2.75) is 24.0 Å². The Balaban J connectivity index is 1.84. The van der Waals surface area contributed by atoms with Crippen LogP contribution in [0.3, 0.4) is 0 Å². The molecule has 1 amide bonds. The fraction of sp³-hybridized carbons (Fsp3) is 0.235. The van der Waals surface area contributed by atoms with Crippen molar-refractivity contribution < 1.29 is 49.0 Å². The second-order valence-corrected chi connectivity index (χ2v) is 7.55. The van der Waals surface area contributed by atoms with Gasteiger partial charge in [0.15, 0.2) is 0 Å². The minimum Gasteiger partial charge on any atom is -0.406 e. The predicted molar refractivity (Wildman–Crippen MR) is 94.7 cm³/mol. The van der Waals surface area contributed by atoms with Crippen molar-refractivity contribution in [2.24, 2.45) is 0 Å². The molecule has 14 heteroatoms. The zero-order valence-electron chi connectivity index (χ0n) is 15.3. The van der Waals surface area contributed by atoms with Gasteiger partial charge >= 0.3 is 12.7 Å². The molecule has 2 aromatic carbocycles. The fourth-order valence-corrected chi connectivity index (χ4v) is 3.20. The van der Waals surface area contributed by atoms with E-state index in [1.165, 1.54) is 0 Å². The van der Waals surface area contributed by atoms with Gasteiger partial charge in [-0.1, -0.05) is 0 Å². The van der Waals surface area contributed by atoms with Gasteiger partial charge in [-0.05, 0) is 48.5 Å². The van der Waals surface area contributed by atoms with E-state index < -0.39 is 40.2 Å². The largest absolute Gasteiger partial charge is 0.573 e. The van der Waals surface area contributed by atoms with Crippen LogP contribution in [0, 0.1) is 0 Å². The Morgan fingerprint density at radius 1 is 0.806 bits per heavy atom. The summed E-state index contributed by atoms with van der Waals surface area (Å²) in [7, 11) is -4.10. The van der Waals surface area contributed by atoms with E-state index in [4.69, 9.17) is 0 Å². The van der Waals surface area contributed by atoms with Gasteiger partial charge in [0.1, 0.15) is 11.5 Å². The summed E-state index contributed by atoms with van der Waals surface area (Å²) < 4.78 is 106. The number of amides is 1. The van der Waals surface area contributed by atoms with Crippen molar-refractivity contribution in [3.63, 3.8) is 0 Å². The molecular weight excluding hydrogens is 458 g/mol. The first-order valence-corrected chi connectivity index (χ1v) is 9.73. The lowest BCUT2D eigenvalue weighted by Crippen LogP contribution is -2.27. The maximum absolute atomic E-state index is 12.1. The molecule has 170 valence electrons. The number of carbonyl (C=O) groups is 1. The average molecular weight is 472 g/mol. The molecule has 2 rings (SSSR count). The van der Waals surface area contributed by atoms with Gasteiger partial charge in [0.25, 0.3) is 0 Å². The second kappa shape index (κ2) is 9.43. The van der Waals surface area contributed by atoms with E-state index in [-0.39, 0.29) is 23.5 Å². The highest BCUT2D eigenvalue weighted by Crippen LogP contribution is 2.25. The molecule has 2 aromatic rings. The summed E-state index contributed by atoms with van der Waals surface area (Å²) >= 11 is 0. The van der Waals surface area contributed by atoms with Crippen LogP contribution in [-0.4, -0.2) is 33.6 Å². The molecule has 31 heavy (non-hydrogen) atoms. The molecule has 7 nitrogen and oxygen atoms in total. The Bertz CT molecular complexity index is 990. The van der Waals surface area contributed by atoms with Crippen LogP contribution in [0.25, 0.3) is 0 Å². The normalized spacial score (nSPS) is 12.3. The highest BCUT2D eigenvalue weighted by atomic mass is 32.2. The molecule has 0 bridgehead atoms. The number of hydrogen-bond donors (Lipinski definition) is 2. The third kappa shape index (κ3) is 8.72. The Kier molecular flexibility index (Phi) is 7.38. The summed E-state index contributed by atoms with van der Waals surface area (Å²) in [6.07, 6.45) is -10.1. The quantitative estimate of drug-likeness (QED) is 0.571. The van der Waals surface area contributed by atoms with E-state index in [0.717, 1.165) is 48.5 Å². The molecule has 0 spiro atoms. The first-order chi connectivity index (χ1) is 14.2. The van der Waals surface area contributed by atoms with Crippen LogP contribution in [0.1, 0.15) is 6.42 Å². The van der Waals surface area contributed by atoms with Crippen LogP contribution in [0.4, 0.5) is 32.0 Å². The Morgan fingerprint density at radius 3 is 1.71 bits per heavy atom. The number of sulfonamides is 1. The molecule has 0 atom stereocenters. The minimum atomic E-state index is -4.92. The maximum atomic E-state index is 12.1. The molecule has 0 aliphatic carbocycles. The molecule has 0 aliphatic rings. The van der Waals surface area contributed by atoms with Crippen molar-refractivity contribution >= 4 is 21.6 Å². The van der Waals surface area contributed by atoms with Gasteiger partial charge in [-0.3, -0.25) is 4.79 Å². The van der Waals surface area contributed by atoms with Crippen LogP contribution >= 0.6 is 0 Å². The van der Waals surface area contributed by atoms with Gasteiger partial charge in [-0.15, -0.1) is 26.3 Å². The van der Waals surface area contributed by atoms with E-state index in [0.29, 0.717) is 0 Å². The number of anilines is 1. The lowest BCUT2D eigenvalue weighted by atomic mass is 10.3. The number of alkyl halides is 6. The third-order valence-corrected chi connectivity index (χ3v) is 4.86. The fourth-order valence-electron chi connectivity index (χ4n) is 2.17. The number of hydrogen-bond acceptors (Lipinski definition) is 5. The zero-order valence-corrected chi connectivity index (χ0v) is 16.1. The topological polar surface area (TPSA) is 93.7 Å². The van der Waals surface area contributed by atoms with Crippen molar-refractivity contribution in [3.8, 4) is 11.5 Å². The maximum Gasteiger partial charge on any atom is 0.573 e. The molecule has 2 N–H and O–H groups in total. The second-order valence-electron chi connectivity index (χ2n) is 5.79. The van der Waals surface area contributed by atoms with Crippen LogP contribution in [0.5, 0.6) is 11.5 Å². The number of ether oxygens (including phenoxy) is 2. The summed E-state index contributed by atoms with van der Waals surface area (Å²) in [5, 5.41) is 2.35. The molecule has 0 radical (unpaired) electrons. The summed E-state index contributed by atoms with van der Waals surface area (Å²) in [4.78, 5) is 11.5. The molecule has 0 saturated heterocycles. The first-order valence-electron chi connectivity index (χ1n) is 8.25. The van der Waals surface area contributed by atoms with Gasteiger partial charge in [-0.2, -0.15) is 0 Å². The van der Waals surface area contributed by atoms with E-state index >= 15 is 0 Å². The zero-order chi connectivity index (χ0) is 23.3. The number of carbonyl (C=O) groups excluding carboxylic acids is 1. The predicted octanol–water partition coefficient (Wildman–Crippen LogP) is 3.79. The lowest BCUT2D eigenvalue weighted by molar-refractivity contribution is -0.275. The van der Waals surface area contributed by atoms with Gasteiger partial charge in [0.2, 0.25) is 15.9 Å². The molecule has 0 fully saturated rings. The van der Waals surface area contributed by atoms with E-state index in [1.807, 2.05) is 0 Å². The van der Waals surface area contributed by atoms with Crippen molar-refractivity contribution in [1.29, 1.82) is 0 Å². The number of rotatable bonds is 8. The minimum absolute atomic E-state index is 0.155. The van der Waals surface area contributed by atoms with Crippen LogP contribution in [0.15, 0.2) is 53.4 Å². The van der Waals surface area contributed by atoms with Gasteiger partial charge in [-0.25, -0.2) is 13.1 Å². The van der Waals surface area contributed by atoms with Crippen LogP contribution in [-0.2, 0) is 14.8 Å². The SMILES string of the molecule is O=C(CCNS(=O)(=O)c1ccc(OC(F)(F)F)cc1)Nc1ccc(OC(F)(F)F)cc1. The highest BCUT2D eigenvalue weighted by Gasteiger charge is 2.31. The summed E-state index contributed by atoms with van der Waals surface area (Å²) in [6.45, 7) is -0.343. The molecule has 0 heterocycles. The molecular formula is C17H14F6N2O5S. The summed E-state index contributed by atoms with van der Waals surface area (Å²) in [6, 6.07) is 7.72. The molecule has 0 unspecified atom stereocenters. The smallest absolute Gasteiger partial charge is 0.406 e. The number of benzene rings is 2. The lowest BCUT2D eigenvalue weighted by Gasteiger charge is -2.11. The highest BCUT2D eigenvalue weighted by molar-refractivity contribution is 7.89. The Labute approximate surface area is 172 Å². The monoisotopic (exact) mass is 472 g/mol. The molecule has 0 aromatic heterocycles. The Hall–Kier alpha value is -3.00. The van der Waals surface area contributed by atoms with Gasteiger partial charge < -0.3 is 14.8 Å². The summed E-state index contributed by atoms with van der Waals surface area (Å²) in [5.74, 6) is -1.72. The number of nitrogens with one attached hydrogen (secondary N) is 2. The Morgan fingerprint density at radius 2 is 1.26 bits per heavy atom.